The van der Waals surface area contributed by atoms with Crippen molar-refractivity contribution in [2.24, 2.45) is 5.92 Å². The molecule has 1 aliphatic rings. The Bertz CT molecular complexity index is 952. The van der Waals surface area contributed by atoms with E-state index in [1.54, 1.807) is 0 Å². The van der Waals surface area contributed by atoms with Crippen LogP contribution in [-0.4, -0.2) is 37.2 Å². The normalized spacial score (nSPS) is 16.6. The Hall–Kier alpha value is -2.63. The first kappa shape index (κ1) is 23.5. The lowest BCUT2D eigenvalue weighted by Gasteiger charge is -2.40. The third-order valence-corrected chi connectivity index (χ3v) is 6.36. The van der Waals surface area contributed by atoms with E-state index in [4.69, 9.17) is 18.9 Å². The number of hydrogen-bond acceptors (Lipinski definition) is 5. The standard InChI is InChI=1S/C28H36N2O3/c1-30(2)22-26-21-29-27(33-26)28(23-13-6-3-7-14-23,24-15-8-4-9-16-24)32-20-12-19-31-25-17-10-5-11-18-25/h3,5-7,10-11,13-14,17-18,21,24H,4,8-9,12,15-16,19-20,22H2,1-2H3/t28-/m0/s1. The number of para-hydroxylation sites is 1. The Morgan fingerprint density at radius 2 is 1.64 bits per heavy atom. The molecule has 1 aliphatic carbocycles. The van der Waals surface area contributed by atoms with Crippen LogP contribution in [0.5, 0.6) is 5.75 Å². The van der Waals surface area contributed by atoms with Crippen LogP contribution >= 0.6 is 0 Å². The van der Waals surface area contributed by atoms with Crippen molar-refractivity contribution in [2.75, 3.05) is 27.3 Å². The average molecular weight is 449 g/mol. The first-order valence-corrected chi connectivity index (χ1v) is 12.2. The Morgan fingerprint density at radius 1 is 0.939 bits per heavy atom. The van der Waals surface area contributed by atoms with Gasteiger partial charge in [-0.25, -0.2) is 4.98 Å². The van der Waals surface area contributed by atoms with Crippen LogP contribution in [0.25, 0.3) is 0 Å². The van der Waals surface area contributed by atoms with Crippen LogP contribution < -0.4 is 4.74 Å². The Morgan fingerprint density at radius 3 is 2.33 bits per heavy atom. The lowest BCUT2D eigenvalue weighted by atomic mass is 9.73. The number of rotatable bonds is 11. The van der Waals surface area contributed by atoms with Crippen LogP contribution in [0.3, 0.4) is 0 Å². The molecule has 5 nitrogen and oxygen atoms in total. The van der Waals surface area contributed by atoms with Crippen LogP contribution in [0, 0.1) is 5.92 Å². The molecular formula is C28H36N2O3. The van der Waals surface area contributed by atoms with E-state index in [9.17, 15) is 0 Å². The average Bonchev–Trinajstić information content (AvgIpc) is 3.31. The number of nitrogens with zero attached hydrogens (tertiary/aromatic N) is 2. The van der Waals surface area contributed by atoms with Gasteiger partial charge in [0.25, 0.3) is 0 Å². The minimum Gasteiger partial charge on any atom is -0.494 e. The van der Waals surface area contributed by atoms with Crippen molar-refractivity contribution in [2.45, 2.75) is 50.7 Å². The summed E-state index contributed by atoms with van der Waals surface area (Å²) in [7, 11) is 4.08. The molecule has 0 unspecified atom stereocenters. The monoisotopic (exact) mass is 448 g/mol. The molecule has 0 spiro atoms. The fraction of sp³-hybridized carbons (Fsp3) is 0.464. The molecule has 1 heterocycles. The van der Waals surface area contributed by atoms with Crippen molar-refractivity contribution in [3.8, 4) is 5.75 Å². The van der Waals surface area contributed by atoms with E-state index >= 15 is 0 Å². The summed E-state index contributed by atoms with van der Waals surface area (Å²) in [5.41, 5.74) is 0.443. The molecule has 1 aromatic heterocycles. The molecule has 5 heteroatoms. The molecule has 1 saturated carbocycles. The van der Waals surface area contributed by atoms with Gasteiger partial charge in [-0.1, -0.05) is 67.8 Å². The molecule has 2 aromatic carbocycles. The highest BCUT2D eigenvalue weighted by molar-refractivity contribution is 5.31. The number of oxazole rings is 1. The van der Waals surface area contributed by atoms with Crippen LogP contribution in [0.2, 0.25) is 0 Å². The zero-order valence-corrected chi connectivity index (χ0v) is 19.9. The highest BCUT2D eigenvalue weighted by atomic mass is 16.5. The molecule has 1 atom stereocenters. The van der Waals surface area contributed by atoms with Gasteiger partial charge in [0.05, 0.1) is 26.0 Å². The lowest BCUT2D eigenvalue weighted by Crippen LogP contribution is -2.41. The van der Waals surface area contributed by atoms with Crippen molar-refractivity contribution in [3.05, 3.63) is 84.1 Å². The van der Waals surface area contributed by atoms with Gasteiger partial charge in [-0.15, -0.1) is 0 Å². The third-order valence-electron chi connectivity index (χ3n) is 6.36. The van der Waals surface area contributed by atoms with Gasteiger partial charge in [0.1, 0.15) is 11.5 Å². The molecular weight excluding hydrogens is 412 g/mol. The van der Waals surface area contributed by atoms with Crippen LogP contribution in [0.4, 0.5) is 0 Å². The fourth-order valence-corrected chi connectivity index (χ4v) is 4.85. The van der Waals surface area contributed by atoms with Crippen molar-refractivity contribution in [1.82, 2.24) is 9.88 Å². The first-order valence-electron chi connectivity index (χ1n) is 12.2. The molecule has 0 radical (unpaired) electrons. The van der Waals surface area contributed by atoms with Crippen LogP contribution in [0.1, 0.15) is 55.7 Å². The van der Waals surface area contributed by atoms with Gasteiger partial charge in [0, 0.05) is 12.3 Å². The quantitative estimate of drug-likeness (QED) is 0.334. The van der Waals surface area contributed by atoms with Gasteiger partial charge >= 0.3 is 0 Å². The van der Waals surface area contributed by atoms with E-state index in [1.165, 1.54) is 19.3 Å². The van der Waals surface area contributed by atoms with E-state index in [-0.39, 0.29) is 0 Å². The summed E-state index contributed by atoms with van der Waals surface area (Å²) in [4.78, 5) is 6.88. The molecule has 4 rings (SSSR count). The molecule has 3 aromatic rings. The number of aromatic nitrogens is 1. The zero-order chi connectivity index (χ0) is 22.9. The largest absolute Gasteiger partial charge is 0.494 e. The zero-order valence-electron chi connectivity index (χ0n) is 19.9. The van der Waals surface area contributed by atoms with E-state index in [2.05, 4.69) is 35.2 Å². The molecule has 0 saturated heterocycles. The summed E-state index contributed by atoms with van der Waals surface area (Å²) in [6, 6.07) is 20.5. The molecule has 0 amide bonds. The second-order valence-corrected chi connectivity index (χ2v) is 9.17. The number of hydrogen-bond donors (Lipinski definition) is 0. The van der Waals surface area contributed by atoms with Crippen LogP contribution in [0.15, 0.2) is 71.3 Å². The van der Waals surface area contributed by atoms with Crippen molar-refractivity contribution in [3.63, 3.8) is 0 Å². The predicted molar refractivity (Wildman–Crippen MR) is 130 cm³/mol. The topological polar surface area (TPSA) is 47.7 Å². The summed E-state index contributed by atoms with van der Waals surface area (Å²) in [6.07, 6.45) is 8.58. The van der Waals surface area contributed by atoms with E-state index < -0.39 is 5.60 Å². The summed E-state index contributed by atoms with van der Waals surface area (Å²) in [5.74, 6) is 2.76. The van der Waals surface area contributed by atoms with E-state index in [0.717, 1.165) is 36.3 Å². The second kappa shape index (κ2) is 11.5. The van der Waals surface area contributed by atoms with Crippen LogP contribution in [-0.2, 0) is 16.9 Å². The summed E-state index contributed by atoms with van der Waals surface area (Å²) in [6.45, 7) is 1.90. The van der Waals surface area contributed by atoms with Gasteiger partial charge in [-0.3, -0.25) is 0 Å². The van der Waals surface area contributed by atoms with Gasteiger partial charge in [-0.2, -0.15) is 0 Å². The SMILES string of the molecule is CN(C)Cc1cnc([C@](OCCCOc2ccccc2)(c2ccccc2)C2CCCCC2)o1. The Labute approximate surface area is 197 Å². The lowest BCUT2D eigenvalue weighted by molar-refractivity contribution is -0.0918. The van der Waals surface area contributed by atoms with Crippen molar-refractivity contribution >= 4 is 0 Å². The maximum atomic E-state index is 6.85. The van der Waals surface area contributed by atoms with E-state index in [1.807, 2.05) is 50.6 Å². The summed E-state index contributed by atoms with van der Waals surface area (Å²) < 4.78 is 19.1. The Balaban J connectivity index is 1.58. The minimum atomic E-state index is -0.682. The summed E-state index contributed by atoms with van der Waals surface area (Å²) >= 11 is 0. The molecule has 33 heavy (non-hydrogen) atoms. The second-order valence-electron chi connectivity index (χ2n) is 9.17. The smallest absolute Gasteiger partial charge is 0.231 e. The molecule has 0 bridgehead atoms. The summed E-state index contributed by atoms with van der Waals surface area (Å²) in [5, 5.41) is 0. The van der Waals surface area contributed by atoms with Crippen molar-refractivity contribution < 1.29 is 13.9 Å². The van der Waals surface area contributed by atoms with Gasteiger partial charge in [0.15, 0.2) is 5.60 Å². The highest BCUT2D eigenvalue weighted by Gasteiger charge is 2.47. The first-order chi connectivity index (χ1) is 16.2. The Kier molecular flexibility index (Phi) is 8.19. The predicted octanol–water partition coefficient (Wildman–Crippen LogP) is 6.05. The minimum absolute atomic E-state index is 0.328. The number of benzene rings is 2. The van der Waals surface area contributed by atoms with Crippen molar-refractivity contribution in [1.29, 1.82) is 0 Å². The molecule has 1 fully saturated rings. The molecule has 0 N–H and O–H groups in total. The van der Waals surface area contributed by atoms with Gasteiger partial charge < -0.3 is 18.8 Å². The van der Waals surface area contributed by atoms with E-state index in [0.29, 0.717) is 31.6 Å². The van der Waals surface area contributed by atoms with Gasteiger partial charge in [-0.05, 0) is 44.6 Å². The maximum absolute atomic E-state index is 6.85. The third kappa shape index (κ3) is 5.84. The van der Waals surface area contributed by atoms with Gasteiger partial charge in [0.2, 0.25) is 5.89 Å². The molecule has 0 aliphatic heterocycles. The number of ether oxygens (including phenoxy) is 2. The maximum Gasteiger partial charge on any atom is 0.231 e. The molecule has 176 valence electrons. The fourth-order valence-electron chi connectivity index (χ4n) is 4.85. The highest BCUT2D eigenvalue weighted by Crippen LogP contribution is 2.46.